The second-order valence-corrected chi connectivity index (χ2v) is 6.52. The molecule has 6 heteroatoms. The van der Waals surface area contributed by atoms with Crippen molar-refractivity contribution in [2.24, 2.45) is 0 Å². The van der Waals surface area contributed by atoms with Gasteiger partial charge in [0.05, 0.1) is 12.1 Å². The van der Waals surface area contributed by atoms with Gasteiger partial charge in [0.2, 0.25) is 0 Å². The zero-order chi connectivity index (χ0) is 19.4. The van der Waals surface area contributed by atoms with Gasteiger partial charge in [-0.05, 0) is 43.2 Å². The van der Waals surface area contributed by atoms with Crippen molar-refractivity contribution in [3.8, 4) is 0 Å². The lowest BCUT2D eigenvalue weighted by atomic mass is 10.2. The van der Waals surface area contributed by atoms with Gasteiger partial charge in [-0.25, -0.2) is 13.8 Å². The maximum absolute atomic E-state index is 14.2. The van der Waals surface area contributed by atoms with Crippen molar-refractivity contribution in [2.45, 2.75) is 39.8 Å². The zero-order valence-electron chi connectivity index (χ0n) is 15.6. The third-order valence-corrected chi connectivity index (χ3v) is 4.44. The van der Waals surface area contributed by atoms with E-state index < -0.39 is 5.82 Å². The van der Waals surface area contributed by atoms with Gasteiger partial charge in [-0.2, -0.15) is 0 Å². The first-order valence-corrected chi connectivity index (χ1v) is 9.23. The van der Waals surface area contributed by atoms with Crippen molar-refractivity contribution in [3.63, 3.8) is 0 Å². The molecule has 0 bridgehead atoms. The molecule has 4 nitrogen and oxygen atoms in total. The highest BCUT2D eigenvalue weighted by Gasteiger charge is 2.20. The van der Waals surface area contributed by atoms with Crippen LogP contribution in [-0.4, -0.2) is 26.9 Å². The van der Waals surface area contributed by atoms with E-state index in [9.17, 15) is 13.6 Å². The number of nitrogens with zero attached hydrogens (tertiary/aromatic N) is 3. The van der Waals surface area contributed by atoms with E-state index in [1.54, 1.807) is 17.0 Å². The van der Waals surface area contributed by atoms with Gasteiger partial charge in [0.25, 0.3) is 5.91 Å². The molecule has 0 saturated carbocycles. The van der Waals surface area contributed by atoms with Gasteiger partial charge in [-0.15, -0.1) is 0 Å². The molecule has 0 spiro atoms. The molecule has 0 radical (unpaired) electrons. The van der Waals surface area contributed by atoms with Crippen molar-refractivity contribution in [3.05, 3.63) is 65.5 Å². The van der Waals surface area contributed by atoms with Gasteiger partial charge in [0, 0.05) is 18.7 Å². The fourth-order valence-corrected chi connectivity index (χ4v) is 3.25. The number of fused-ring (bicyclic) bond motifs is 1. The molecule has 27 heavy (non-hydrogen) atoms. The van der Waals surface area contributed by atoms with Crippen molar-refractivity contribution >= 4 is 16.9 Å². The fraction of sp³-hybridized carbons (Fsp3) is 0.333. The van der Waals surface area contributed by atoms with Crippen LogP contribution in [0.5, 0.6) is 0 Å². The van der Waals surface area contributed by atoms with E-state index in [4.69, 9.17) is 0 Å². The summed E-state index contributed by atoms with van der Waals surface area (Å²) in [7, 11) is 0. The van der Waals surface area contributed by atoms with E-state index in [-0.39, 0.29) is 18.3 Å². The minimum Gasteiger partial charge on any atom is -0.331 e. The second kappa shape index (κ2) is 8.29. The first kappa shape index (κ1) is 19.0. The largest absolute Gasteiger partial charge is 0.331 e. The Hall–Kier alpha value is -2.76. The third kappa shape index (κ3) is 3.99. The van der Waals surface area contributed by atoms with Gasteiger partial charge >= 0.3 is 0 Å². The summed E-state index contributed by atoms with van der Waals surface area (Å²) in [6, 6.07) is 10.6. The number of imidazole rings is 1. The number of carbonyl (C=O) groups is 1. The zero-order valence-corrected chi connectivity index (χ0v) is 15.6. The maximum atomic E-state index is 14.2. The van der Waals surface area contributed by atoms with Crippen molar-refractivity contribution in [1.82, 2.24) is 14.5 Å². The van der Waals surface area contributed by atoms with Gasteiger partial charge in [0.15, 0.2) is 5.82 Å². The molecule has 3 rings (SSSR count). The monoisotopic (exact) mass is 371 g/mol. The van der Waals surface area contributed by atoms with E-state index in [2.05, 4.69) is 4.98 Å². The molecule has 0 unspecified atom stereocenters. The van der Waals surface area contributed by atoms with Gasteiger partial charge in [-0.1, -0.05) is 26.0 Å². The summed E-state index contributed by atoms with van der Waals surface area (Å²) >= 11 is 0. The van der Waals surface area contributed by atoms with Crippen LogP contribution in [-0.2, 0) is 13.1 Å². The molecule has 0 atom stereocenters. The number of hydrogen-bond acceptors (Lipinski definition) is 2. The van der Waals surface area contributed by atoms with Crippen LogP contribution < -0.4 is 0 Å². The lowest BCUT2D eigenvalue weighted by molar-refractivity contribution is 0.0736. The molecule has 0 aliphatic rings. The number of halogens is 2. The van der Waals surface area contributed by atoms with Crippen molar-refractivity contribution < 1.29 is 13.6 Å². The first-order chi connectivity index (χ1) is 13.0. The Balaban J connectivity index is 1.98. The first-order valence-electron chi connectivity index (χ1n) is 9.23. The summed E-state index contributed by atoms with van der Waals surface area (Å²) in [6.07, 6.45) is 1.62. The van der Waals surface area contributed by atoms with E-state index >= 15 is 0 Å². The minimum absolute atomic E-state index is 0.247. The van der Waals surface area contributed by atoms with Crippen LogP contribution in [0, 0.1) is 11.6 Å². The molecule has 0 saturated heterocycles. The fourth-order valence-electron chi connectivity index (χ4n) is 3.25. The highest BCUT2D eigenvalue weighted by molar-refractivity contribution is 5.94. The van der Waals surface area contributed by atoms with Crippen molar-refractivity contribution in [2.75, 3.05) is 6.54 Å². The van der Waals surface area contributed by atoms with Crippen LogP contribution in [0.2, 0.25) is 0 Å². The summed E-state index contributed by atoms with van der Waals surface area (Å²) in [5.74, 6) is -0.443. The normalized spacial score (nSPS) is 11.1. The highest BCUT2D eigenvalue weighted by atomic mass is 19.1. The van der Waals surface area contributed by atoms with Crippen molar-refractivity contribution in [1.29, 1.82) is 0 Å². The Morgan fingerprint density at radius 2 is 1.89 bits per heavy atom. The number of amides is 1. The number of para-hydroxylation sites is 1. The van der Waals surface area contributed by atoms with Gasteiger partial charge in [-0.3, -0.25) is 4.79 Å². The van der Waals surface area contributed by atoms with E-state index in [1.807, 2.05) is 24.5 Å². The van der Waals surface area contributed by atoms with E-state index in [0.29, 0.717) is 30.0 Å². The molecule has 0 aliphatic heterocycles. The molecule has 142 valence electrons. The molecule has 1 amide bonds. The minimum atomic E-state index is -0.447. The lowest BCUT2D eigenvalue weighted by Gasteiger charge is -2.22. The summed E-state index contributed by atoms with van der Waals surface area (Å²) in [5.41, 5.74) is 1.34. The number of hydrogen-bond donors (Lipinski definition) is 0. The van der Waals surface area contributed by atoms with Crippen LogP contribution in [0.4, 0.5) is 8.78 Å². The Labute approximate surface area is 157 Å². The number of benzene rings is 2. The highest BCUT2D eigenvalue weighted by Crippen LogP contribution is 2.21. The van der Waals surface area contributed by atoms with Gasteiger partial charge in [0.1, 0.15) is 17.2 Å². The Morgan fingerprint density at radius 3 is 2.59 bits per heavy atom. The SMILES string of the molecule is CCCN(Cc1nc2c(F)cccc2n1CCC)C(=O)c1cccc(F)c1. The molecule has 3 aromatic rings. The quantitative estimate of drug-likeness (QED) is 0.600. The van der Waals surface area contributed by atoms with Crippen LogP contribution >= 0.6 is 0 Å². The molecule has 2 aromatic carbocycles. The summed E-state index contributed by atoms with van der Waals surface area (Å²) in [5, 5.41) is 0. The number of aromatic nitrogens is 2. The van der Waals surface area contributed by atoms with Gasteiger partial charge < -0.3 is 9.47 Å². The topological polar surface area (TPSA) is 38.1 Å². The standard InChI is InChI=1S/C21H23F2N3O/c1-3-11-25(21(27)15-7-5-8-16(22)13-15)14-19-24-20-17(23)9-6-10-18(20)26(19)12-4-2/h5-10,13H,3-4,11-12,14H2,1-2H3. The predicted octanol–water partition coefficient (Wildman–Crippen LogP) is 4.78. The molecule has 0 N–H and O–H groups in total. The Morgan fingerprint density at radius 1 is 1.11 bits per heavy atom. The summed E-state index contributed by atoms with van der Waals surface area (Å²) < 4.78 is 29.7. The average molecular weight is 371 g/mol. The summed E-state index contributed by atoms with van der Waals surface area (Å²) in [6.45, 7) is 5.45. The molecule has 1 heterocycles. The maximum Gasteiger partial charge on any atom is 0.254 e. The van der Waals surface area contributed by atoms with Crippen LogP contribution in [0.1, 0.15) is 42.9 Å². The van der Waals surface area contributed by atoms with E-state index in [1.165, 1.54) is 24.3 Å². The Kier molecular flexibility index (Phi) is 5.84. The van der Waals surface area contributed by atoms with Crippen LogP contribution in [0.15, 0.2) is 42.5 Å². The molecule has 0 fully saturated rings. The average Bonchev–Trinajstić information content (AvgIpc) is 3.00. The second-order valence-electron chi connectivity index (χ2n) is 6.52. The molecule has 1 aromatic heterocycles. The van der Waals surface area contributed by atoms with E-state index in [0.717, 1.165) is 18.4 Å². The molecule has 0 aliphatic carbocycles. The van der Waals surface area contributed by atoms with Crippen LogP contribution in [0.25, 0.3) is 11.0 Å². The number of rotatable bonds is 7. The smallest absolute Gasteiger partial charge is 0.254 e. The van der Waals surface area contributed by atoms with Crippen LogP contribution in [0.3, 0.4) is 0 Å². The molecular weight excluding hydrogens is 348 g/mol. The summed E-state index contributed by atoms with van der Waals surface area (Å²) in [4.78, 5) is 19.0. The third-order valence-electron chi connectivity index (χ3n) is 4.44. The Bertz CT molecular complexity index is 952. The lowest BCUT2D eigenvalue weighted by Crippen LogP contribution is -2.32. The molecular formula is C21H23F2N3O. The number of carbonyl (C=O) groups excluding carboxylic acids is 1. The predicted molar refractivity (Wildman–Crippen MR) is 101 cm³/mol. The number of aryl methyl sites for hydroxylation is 1.